The predicted octanol–water partition coefficient (Wildman–Crippen LogP) is 2.39. The third-order valence-electron chi connectivity index (χ3n) is 2.91. The Hall–Kier alpha value is -2.40. The average Bonchev–Trinajstić information content (AvgIpc) is 2.55. The van der Waals surface area contributed by atoms with E-state index in [-0.39, 0.29) is 12.3 Å². The molecule has 0 bridgehead atoms. The number of hydrogen-bond donors (Lipinski definition) is 2. The second-order valence-corrected chi connectivity index (χ2v) is 4.36. The van der Waals surface area contributed by atoms with Gasteiger partial charge in [0.2, 0.25) is 5.91 Å². The van der Waals surface area contributed by atoms with Gasteiger partial charge in [-0.25, -0.2) is 0 Å². The predicted molar refractivity (Wildman–Crippen MR) is 91.1 cm³/mol. The Morgan fingerprint density at radius 2 is 2.00 bits per heavy atom. The minimum atomic E-state index is -0.309. The Balaban J connectivity index is 0.00000211. The van der Waals surface area contributed by atoms with Crippen molar-refractivity contribution >= 4 is 23.6 Å². The molecule has 5 nitrogen and oxygen atoms in total. The molecule has 1 aromatic rings. The van der Waals surface area contributed by atoms with Crippen molar-refractivity contribution in [2.24, 2.45) is 0 Å². The minimum absolute atomic E-state index is 0.134. The molecule has 0 fully saturated rings. The van der Waals surface area contributed by atoms with Crippen molar-refractivity contribution in [1.29, 1.82) is 0 Å². The Morgan fingerprint density at radius 1 is 1.36 bits per heavy atom. The molecule has 0 atom stereocenters. The smallest absolute Gasteiger partial charge is 0.231 e. The normalized spacial score (nSPS) is 10.1. The number of aliphatic hydroxyl groups excluding tert-OH is 1. The number of carbonyl (C=O) groups is 2. The van der Waals surface area contributed by atoms with Gasteiger partial charge in [0.25, 0.3) is 0 Å². The average molecular weight is 304 g/mol. The van der Waals surface area contributed by atoms with Gasteiger partial charge in [-0.3, -0.25) is 4.79 Å². The van der Waals surface area contributed by atoms with E-state index in [0.29, 0.717) is 18.5 Å². The fourth-order valence-electron chi connectivity index (χ4n) is 1.82. The molecule has 0 aliphatic heterocycles. The van der Waals surface area contributed by atoms with E-state index >= 15 is 0 Å². The molecule has 0 aromatic heterocycles. The van der Waals surface area contributed by atoms with Crippen LogP contribution in [0.15, 0.2) is 48.6 Å². The number of para-hydroxylation sites is 2. The molecule has 1 aromatic carbocycles. The molecule has 0 radical (unpaired) electrons. The number of benzene rings is 1. The summed E-state index contributed by atoms with van der Waals surface area (Å²) in [6.07, 6.45) is 4.27. The summed E-state index contributed by atoms with van der Waals surface area (Å²) in [6, 6.07) is 7.49. The van der Waals surface area contributed by atoms with E-state index in [4.69, 9.17) is 5.11 Å². The summed E-state index contributed by atoms with van der Waals surface area (Å²) in [7, 11) is 2.94. The number of rotatable bonds is 7. The highest BCUT2D eigenvalue weighted by Gasteiger charge is 2.10. The first-order valence-corrected chi connectivity index (χ1v) is 6.88. The summed E-state index contributed by atoms with van der Waals surface area (Å²) in [5, 5.41) is 9.74. The van der Waals surface area contributed by atoms with E-state index in [1.807, 2.05) is 55.3 Å². The molecule has 0 aliphatic carbocycles. The van der Waals surface area contributed by atoms with Gasteiger partial charge in [-0.1, -0.05) is 30.9 Å². The first-order valence-electron chi connectivity index (χ1n) is 6.88. The van der Waals surface area contributed by atoms with E-state index in [1.165, 1.54) is 0 Å². The lowest BCUT2D eigenvalue weighted by molar-refractivity contribution is -0.119. The first kappa shape index (κ1) is 19.6. The number of hydrogen-bond acceptors (Lipinski definition) is 4. The number of aldehydes is 1. The quantitative estimate of drug-likeness (QED) is 0.461. The van der Waals surface area contributed by atoms with Gasteiger partial charge in [0, 0.05) is 20.7 Å². The Labute approximate surface area is 131 Å². The van der Waals surface area contributed by atoms with Crippen LogP contribution in [0.3, 0.4) is 0 Å². The van der Waals surface area contributed by atoms with Crippen LogP contribution >= 0.6 is 0 Å². The second-order valence-electron chi connectivity index (χ2n) is 4.36. The van der Waals surface area contributed by atoms with Gasteiger partial charge in [-0.05, 0) is 24.6 Å². The highest BCUT2D eigenvalue weighted by atomic mass is 16.2. The fourth-order valence-corrected chi connectivity index (χ4v) is 1.82. The summed E-state index contributed by atoms with van der Waals surface area (Å²) >= 11 is 0. The maximum absolute atomic E-state index is 11.5. The number of amides is 1. The monoisotopic (exact) mass is 304 g/mol. The van der Waals surface area contributed by atoms with Crippen LogP contribution in [-0.4, -0.2) is 38.0 Å². The molecule has 0 aliphatic rings. The molecule has 120 valence electrons. The van der Waals surface area contributed by atoms with Gasteiger partial charge >= 0.3 is 0 Å². The minimum Gasteiger partial charge on any atom is -0.400 e. The first-order chi connectivity index (χ1) is 10.6. The summed E-state index contributed by atoms with van der Waals surface area (Å²) in [4.78, 5) is 23.9. The molecule has 2 N–H and O–H groups in total. The van der Waals surface area contributed by atoms with Crippen LogP contribution in [0.5, 0.6) is 0 Å². The number of allylic oxidation sites excluding steroid dienone is 1. The van der Waals surface area contributed by atoms with Crippen LogP contribution in [0, 0.1) is 0 Å². The van der Waals surface area contributed by atoms with Gasteiger partial charge in [-0.2, -0.15) is 0 Å². The molecule has 0 saturated carbocycles. The number of carbonyl (C=O) groups excluding carboxylic acids is 2. The van der Waals surface area contributed by atoms with E-state index in [9.17, 15) is 9.59 Å². The third-order valence-corrected chi connectivity index (χ3v) is 2.91. The van der Waals surface area contributed by atoms with E-state index in [1.54, 1.807) is 0 Å². The lowest BCUT2D eigenvalue weighted by Crippen LogP contribution is -2.22. The number of anilines is 2. The van der Waals surface area contributed by atoms with Crippen molar-refractivity contribution in [2.45, 2.75) is 13.3 Å². The van der Waals surface area contributed by atoms with Crippen LogP contribution < -0.4 is 10.2 Å². The summed E-state index contributed by atoms with van der Waals surface area (Å²) in [5.74, 6) is -0.309. The maximum atomic E-state index is 11.5. The van der Waals surface area contributed by atoms with Gasteiger partial charge in [0.05, 0.1) is 17.8 Å². The Morgan fingerprint density at radius 3 is 2.55 bits per heavy atom. The Kier molecular flexibility index (Phi) is 10.0. The molecule has 0 heterocycles. The largest absolute Gasteiger partial charge is 0.400 e. The van der Waals surface area contributed by atoms with Gasteiger partial charge < -0.3 is 20.1 Å². The number of nitrogens with one attached hydrogen (secondary N) is 1. The Bertz CT molecular complexity index is 524. The van der Waals surface area contributed by atoms with Crippen LogP contribution in [0.4, 0.5) is 11.4 Å². The number of aliphatic hydroxyl groups is 1. The van der Waals surface area contributed by atoms with Crippen LogP contribution in [0.1, 0.15) is 13.3 Å². The van der Waals surface area contributed by atoms with Crippen molar-refractivity contribution < 1.29 is 14.7 Å². The summed E-state index contributed by atoms with van der Waals surface area (Å²) in [6.45, 7) is 6.43. The lowest BCUT2D eigenvalue weighted by Gasteiger charge is -2.23. The van der Waals surface area contributed by atoms with Crippen LogP contribution in [0.25, 0.3) is 0 Å². The lowest BCUT2D eigenvalue weighted by atomic mass is 10.2. The van der Waals surface area contributed by atoms with Gasteiger partial charge in [0.1, 0.15) is 6.29 Å². The third kappa shape index (κ3) is 6.37. The molecule has 5 heteroatoms. The molecule has 0 unspecified atom stereocenters. The molecule has 1 amide bonds. The van der Waals surface area contributed by atoms with Crippen molar-refractivity contribution in [3.05, 3.63) is 48.6 Å². The van der Waals surface area contributed by atoms with Crippen molar-refractivity contribution in [3.63, 3.8) is 0 Å². The van der Waals surface area contributed by atoms with Gasteiger partial charge in [0.15, 0.2) is 0 Å². The SMILES string of the molecule is C=C/C(=C\C)CN(C)c1ccccc1NC(=O)CC=O.CO. The number of likely N-dealkylation sites (N-methyl/N-ethyl adjacent to an activating group) is 1. The zero-order chi connectivity index (χ0) is 17.0. The molecule has 22 heavy (non-hydrogen) atoms. The fraction of sp³-hybridized carbons (Fsp3) is 0.294. The zero-order valence-electron chi connectivity index (χ0n) is 13.4. The standard InChI is InChI=1S/C16H20N2O2.CH4O/c1-4-13(5-2)12-18(3)15-9-7-6-8-14(15)17-16(20)10-11-19;1-2/h4-9,11H,1,10,12H2,2-3H3,(H,17,20);2H,1H3/b13-5+;. The highest BCUT2D eigenvalue weighted by Crippen LogP contribution is 2.25. The maximum Gasteiger partial charge on any atom is 0.231 e. The van der Waals surface area contributed by atoms with Gasteiger partial charge in [-0.15, -0.1) is 0 Å². The zero-order valence-corrected chi connectivity index (χ0v) is 13.4. The van der Waals surface area contributed by atoms with Crippen molar-refractivity contribution in [2.75, 3.05) is 30.9 Å². The van der Waals surface area contributed by atoms with Crippen molar-refractivity contribution in [1.82, 2.24) is 0 Å². The molecular weight excluding hydrogens is 280 g/mol. The van der Waals surface area contributed by atoms with Crippen LogP contribution in [0.2, 0.25) is 0 Å². The summed E-state index contributed by atoms with van der Waals surface area (Å²) < 4.78 is 0. The highest BCUT2D eigenvalue weighted by molar-refractivity contribution is 6.00. The summed E-state index contributed by atoms with van der Waals surface area (Å²) in [5.41, 5.74) is 2.69. The number of nitrogens with zero attached hydrogens (tertiary/aromatic N) is 1. The van der Waals surface area contributed by atoms with E-state index in [0.717, 1.165) is 18.4 Å². The topological polar surface area (TPSA) is 69.6 Å². The molecule has 0 saturated heterocycles. The van der Waals surface area contributed by atoms with Crippen molar-refractivity contribution in [3.8, 4) is 0 Å². The van der Waals surface area contributed by atoms with Crippen LogP contribution in [-0.2, 0) is 9.59 Å². The molecule has 0 spiro atoms. The molecule has 1 rings (SSSR count). The molecular formula is C17H24N2O3. The van der Waals surface area contributed by atoms with E-state index in [2.05, 4.69) is 11.9 Å². The second kappa shape index (κ2) is 11.3. The van der Waals surface area contributed by atoms with E-state index < -0.39 is 0 Å².